The summed E-state index contributed by atoms with van der Waals surface area (Å²) in [6, 6.07) is 10.1. The van der Waals surface area contributed by atoms with Gasteiger partial charge >= 0.3 is 5.97 Å². The van der Waals surface area contributed by atoms with E-state index < -0.39 is 22.9 Å². The number of ketones is 1. The molecule has 2 aromatic rings. The van der Waals surface area contributed by atoms with E-state index in [9.17, 15) is 24.5 Å². The molecular formula is C21H19ClN2O7. The second-order valence-electron chi connectivity index (χ2n) is 6.97. The van der Waals surface area contributed by atoms with E-state index in [1.54, 1.807) is 12.1 Å². The molecule has 1 saturated heterocycles. The largest absolute Gasteiger partial charge is 0.494 e. The van der Waals surface area contributed by atoms with E-state index in [1.807, 2.05) is 0 Å². The van der Waals surface area contributed by atoms with Crippen LogP contribution in [0.2, 0.25) is 5.02 Å². The molecule has 0 radical (unpaired) electrons. The average molecular weight is 447 g/mol. The number of carbonyl (C=O) groups is 3. The van der Waals surface area contributed by atoms with Gasteiger partial charge in [-0.05, 0) is 37.3 Å². The second-order valence-corrected chi connectivity index (χ2v) is 7.41. The van der Waals surface area contributed by atoms with Crippen LogP contribution in [0.4, 0.5) is 11.4 Å². The zero-order valence-corrected chi connectivity index (χ0v) is 17.5. The first-order chi connectivity index (χ1) is 14.7. The minimum atomic E-state index is -1.04. The van der Waals surface area contributed by atoms with Crippen LogP contribution in [-0.4, -0.2) is 42.3 Å². The van der Waals surface area contributed by atoms with Gasteiger partial charge in [-0.3, -0.25) is 24.5 Å². The van der Waals surface area contributed by atoms with Crippen molar-refractivity contribution in [1.82, 2.24) is 0 Å². The summed E-state index contributed by atoms with van der Waals surface area (Å²) in [4.78, 5) is 49.2. The van der Waals surface area contributed by atoms with Gasteiger partial charge in [0.15, 0.2) is 6.10 Å². The molecule has 1 aliphatic heterocycles. The Morgan fingerprint density at radius 3 is 2.52 bits per heavy atom. The number of rotatable bonds is 7. The standard InChI is InChI=1S/C21H19ClN2O7/c1-12(20(26)13-3-5-15(22)6-4-13)31-21(27)14-9-19(25)23(11-14)17-8-7-16(24(28)29)10-18(17)30-2/h3-8,10,12,14H,9,11H2,1-2H3/t12-,14-/m0/s1. The van der Waals surface area contributed by atoms with E-state index in [4.69, 9.17) is 21.1 Å². The Balaban J connectivity index is 1.69. The van der Waals surface area contributed by atoms with E-state index >= 15 is 0 Å². The third-order valence-electron chi connectivity index (χ3n) is 4.91. The van der Waals surface area contributed by atoms with Crippen molar-refractivity contribution in [2.45, 2.75) is 19.4 Å². The van der Waals surface area contributed by atoms with Crippen molar-refractivity contribution in [3.05, 3.63) is 63.2 Å². The minimum Gasteiger partial charge on any atom is -0.494 e. The van der Waals surface area contributed by atoms with Crippen LogP contribution >= 0.6 is 11.6 Å². The molecule has 2 aromatic carbocycles. The third-order valence-corrected chi connectivity index (χ3v) is 5.17. The fraction of sp³-hybridized carbons (Fsp3) is 0.286. The molecule has 9 nitrogen and oxygen atoms in total. The summed E-state index contributed by atoms with van der Waals surface area (Å²) in [5, 5.41) is 11.4. The van der Waals surface area contributed by atoms with Crippen molar-refractivity contribution in [3.8, 4) is 5.75 Å². The van der Waals surface area contributed by atoms with Gasteiger partial charge in [0.2, 0.25) is 11.7 Å². The van der Waals surface area contributed by atoms with Crippen LogP contribution in [0.15, 0.2) is 42.5 Å². The molecule has 1 amide bonds. The maximum Gasteiger partial charge on any atom is 0.312 e. The molecule has 2 atom stereocenters. The molecule has 0 unspecified atom stereocenters. The van der Waals surface area contributed by atoms with Gasteiger partial charge in [-0.2, -0.15) is 0 Å². The summed E-state index contributed by atoms with van der Waals surface area (Å²) in [5.41, 5.74) is 0.487. The van der Waals surface area contributed by atoms with Gasteiger partial charge in [0.25, 0.3) is 5.69 Å². The molecule has 0 bridgehead atoms. The van der Waals surface area contributed by atoms with Crippen LogP contribution in [-0.2, 0) is 14.3 Å². The fourth-order valence-corrected chi connectivity index (χ4v) is 3.40. The monoisotopic (exact) mass is 446 g/mol. The predicted octanol–water partition coefficient (Wildman–Crippen LogP) is 3.42. The Hall–Kier alpha value is -3.46. The van der Waals surface area contributed by atoms with E-state index in [0.717, 1.165) is 0 Å². The number of carbonyl (C=O) groups excluding carboxylic acids is 3. The first kappa shape index (κ1) is 22.2. The number of hydrogen-bond acceptors (Lipinski definition) is 7. The molecule has 0 aromatic heterocycles. The Labute approximate surface area is 182 Å². The molecule has 0 spiro atoms. The van der Waals surface area contributed by atoms with Gasteiger partial charge < -0.3 is 14.4 Å². The first-order valence-electron chi connectivity index (χ1n) is 9.34. The number of methoxy groups -OCH3 is 1. The van der Waals surface area contributed by atoms with Crippen LogP contribution in [0.3, 0.4) is 0 Å². The van der Waals surface area contributed by atoms with Gasteiger partial charge in [-0.25, -0.2) is 0 Å². The Morgan fingerprint density at radius 1 is 1.23 bits per heavy atom. The molecule has 3 rings (SSSR count). The maximum absolute atomic E-state index is 12.6. The molecule has 0 saturated carbocycles. The van der Waals surface area contributed by atoms with Crippen molar-refractivity contribution in [2.24, 2.45) is 5.92 Å². The normalized spacial score (nSPS) is 16.7. The highest BCUT2D eigenvalue weighted by atomic mass is 35.5. The number of halogens is 1. The number of nitro groups is 1. The molecular weight excluding hydrogens is 428 g/mol. The number of benzene rings is 2. The number of nitro benzene ring substituents is 1. The van der Waals surface area contributed by atoms with Gasteiger partial charge in [0.05, 0.1) is 29.7 Å². The summed E-state index contributed by atoms with van der Waals surface area (Å²) in [7, 11) is 1.33. The molecule has 0 aliphatic carbocycles. The molecule has 10 heteroatoms. The number of esters is 1. The summed E-state index contributed by atoms with van der Waals surface area (Å²) in [5.74, 6) is -2.06. The third kappa shape index (κ3) is 4.83. The lowest BCUT2D eigenvalue weighted by Gasteiger charge is -2.19. The molecule has 1 fully saturated rings. The Kier molecular flexibility index (Phi) is 6.55. The summed E-state index contributed by atoms with van der Waals surface area (Å²) < 4.78 is 10.5. The van der Waals surface area contributed by atoms with E-state index in [0.29, 0.717) is 16.3 Å². The van der Waals surface area contributed by atoms with Crippen molar-refractivity contribution in [2.75, 3.05) is 18.6 Å². The predicted molar refractivity (Wildman–Crippen MR) is 111 cm³/mol. The highest BCUT2D eigenvalue weighted by molar-refractivity contribution is 6.30. The first-order valence-corrected chi connectivity index (χ1v) is 9.72. The number of amides is 1. The lowest BCUT2D eigenvalue weighted by molar-refractivity contribution is -0.384. The van der Waals surface area contributed by atoms with Crippen LogP contribution < -0.4 is 9.64 Å². The number of Topliss-reactive ketones (excluding diaryl/α,β-unsaturated/α-hetero) is 1. The fourth-order valence-electron chi connectivity index (χ4n) is 3.27. The zero-order valence-electron chi connectivity index (χ0n) is 16.7. The lowest BCUT2D eigenvalue weighted by atomic mass is 10.1. The summed E-state index contributed by atoms with van der Waals surface area (Å²) in [6.45, 7) is 1.47. The number of anilines is 1. The number of hydrogen-bond donors (Lipinski definition) is 0. The summed E-state index contributed by atoms with van der Waals surface area (Å²) in [6.07, 6.45) is -1.15. The molecule has 1 heterocycles. The van der Waals surface area contributed by atoms with Crippen LogP contribution in [0.25, 0.3) is 0 Å². The van der Waals surface area contributed by atoms with Crippen molar-refractivity contribution in [1.29, 1.82) is 0 Å². The van der Waals surface area contributed by atoms with Crippen LogP contribution in [0, 0.1) is 16.0 Å². The second kappa shape index (κ2) is 9.13. The van der Waals surface area contributed by atoms with Gasteiger partial charge in [-0.15, -0.1) is 0 Å². The molecule has 1 aliphatic rings. The Bertz CT molecular complexity index is 1040. The van der Waals surface area contributed by atoms with Gasteiger partial charge in [0, 0.05) is 29.6 Å². The quantitative estimate of drug-likeness (QED) is 0.277. The van der Waals surface area contributed by atoms with Crippen molar-refractivity contribution < 1.29 is 28.8 Å². The van der Waals surface area contributed by atoms with E-state index in [-0.39, 0.29) is 36.1 Å². The van der Waals surface area contributed by atoms with E-state index in [1.165, 1.54) is 49.3 Å². The Morgan fingerprint density at radius 2 is 1.90 bits per heavy atom. The van der Waals surface area contributed by atoms with Gasteiger partial charge in [-0.1, -0.05) is 11.6 Å². The van der Waals surface area contributed by atoms with Gasteiger partial charge in [0.1, 0.15) is 5.75 Å². The van der Waals surface area contributed by atoms with Crippen LogP contribution in [0.5, 0.6) is 5.75 Å². The molecule has 0 N–H and O–H groups in total. The number of ether oxygens (including phenoxy) is 2. The number of non-ortho nitro benzene ring substituents is 1. The average Bonchev–Trinajstić information content (AvgIpc) is 3.14. The minimum absolute atomic E-state index is 0.00763. The van der Waals surface area contributed by atoms with Crippen LogP contribution in [0.1, 0.15) is 23.7 Å². The maximum atomic E-state index is 12.6. The highest BCUT2D eigenvalue weighted by Gasteiger charge is 2.38. The van der Waals surface area contributed by atoms with Crippen molar-refractivity contribution in [3.63, 3.8) is 0 Å². The van der Waals surface area contributed by atoms with Crippen molar-refractivity contribution >= 4 is 40.6 Å². The lowest BCUT2D eigenvalue weighted by Crippen LogP contribution is -2.30. The zero-order chi connectivity index (χ0) is 22.7. The number of nitrogens with zero attached hydrogens (tertiary/aromatic N) is 2. The topological polar surface area (TPSA) is 116 Å². The smallest absolute Gasteiger partial charge is 0.312 e. The molecule has 162 valence electrons. The SMILES string of the molecule is COc1cc([N+](=O)[O-])ccc1N1C[C@@H](C(=O)O[C@@H](C)C(=O)c2ccc(Cl)cc2)CC1=O. The summed E-state index contributed by atoms with van der Waals surface area (Å²) >= 11 is 5.81. The van der Waals surface area contributed by atoms with E-state index in [2.05, 4.69) is 0 Å². The highest BCUT2D eigenvalue weighted by Crippen LogP contribution is 2.36. The molecule has 31 heavy (non-hydrogen) atoms.